The Hall–Kier alpha value is -9.01. The molecule has 360 valence electrons. The van der Waals surface area contributed by atoms with Crippen LogP contribution >= 0.6 is 0 Å². The van der Waals surface area contributed by atoms with Crippen molar-refractivity contribution in [1.29, 1.82) is 5.39 Å². The maximum Gasteiger partial charge on any atom is 0.426 e. The van der Waals surface area contributed by atoms with E-state index in [1.165, 1.54) is 92.5 Å². The van der Waals surface area contributed by atoms with E-state index in [-0.39, 0.29) is 69.9 Å². The van der Waals surface area contributed by atoms with E-state index < -0.39 is 21.5 Å². The number of nitro groups is 2. The van der Waals surface area contributed by atoms with Gasteiger partial charge < -0.3 is 45.3 Å². The molecule has 68 heavy (non-hydrogen) atoms. The van der Waals surface area contributed by atoms with E-state index in [0.717, 1.165) is 11.1 Å². The second-order valence-corrected chi connectivity index (χ2v) is 13.9. The number of diazo groups is 1. The van der Waals surface area contributed by atoms with Crippen molar-refractivity contribution in [3.63, 3.8) is 0 Å². The average Bonchev–Trinajstić information content (AvgIpc) is 3.28. The van der Waals surface area contributed by atoms with Crippen LogP contribution in [-0.4, -0.2) is 85.9 Å². The van der Waals surface area contributed by atoms with Crippen molar-refractivity contribution in [2.75, 3.05) is 52.2 Å². The maximum atomic E-state index is 12.8. The normalized spacial score (nSPS) is 10.5. The second kappa shape index (κ2) is 28.0. The Bertz CT molecular complexity index is 2590. The highest BCUT2D eigenvalue weighted by Crippen LogP contribution is 2.33. The highest BCUT2D eigenvalue weighted by Gasteiger charge is 2.20. The SMILES string of the molecule is COc1cc([N+](=O)[O-])ccc1N=NC(C(=O)Nc1cc(CCNC(C)=O)ccc1OC)=C(C)O.COc1cc([N+](=O)[O-])ccc1[N+]#N.COc1ccc(CCNC(C)=O)cc1NC(=O)CC(C)=O. The van der Waals surface area contributed by atoms with Gasteiger partial charge in [0.15, 0.2) is 16.4 Å². The molecule has 0 spiro atoms. The first-order chi connectivity index (χ1) is 32.3. The molecule has 0 radical (unpaired) electrons. The highest BCUT2D eigenvalue weighted by molar-refractivity contribution is 6.05. The van der Waals surface area contributed by atoms with E-state index in [1.54, 1.807) is 30.3 Å². The molecule has 5 N–H and O–H groups in total. The number of nitrogens with one attached hydrogen (secondary N) is 4. The molecule has 0 aliphatic carbocycles. The van der Waals surface area contributed by atoms with Crippen molar-refractivity contribution in [3.05, 3.63) is 121 Å². The number of rotatable bonds is 19. The Balaban J connectivity index is 0.000000394. The summed E-state index contributed by atoms with van der Waals surface area (Å²) in [5.41, 5.74) is 2.21. The lowest BCUT2D eigenvalue weighted by molar-refractivity contribution is -0.385. The van der Waals surface area contributed by atoms with E-state index in [4.69, 9.17) is 24.3 Å². The van der Waals surface area contributed by atoms with Gasteiger partial charge in [0, 0.05) is 45.1 Å². The van der Waals surface area contributed by atoms with Crippen molar-refractivity contribution >= 4 is 63.5 Å². The van der Waals surface area contributed by atoms with E-state index in [2.05, 4.69) is 36.5 Å². The molecular formula is C44H51N10O14+. The summed E-state index contributed by atoms with van der Waals surface area (Å²) in [5, 5.41) is 58.1. The van der Waals surface area contributed by atoms with Crippen molar-refractivity contribution in [2.24, 2.45) is 10.2 Å². The minimum Gasteiger partial charge on any atom is -0.510 e. The number of carbonyl (C=O) groups is 5. The number of ether oxygens (including phenoxy) is 4. The number of aliphatic hydroxyl groups excluding tert-OH is 1. The van der Waals surface area contributed by atoms with Gasteiger partial charge in [0.25, 0.3) is 17.3 Å². The number of aliphatic hydroxyl groups is 1. The summed E-state index contributed by atoms with van der Waals surface area (Å²) in [4.78, 5) is 80.4. The Morgan fingerprint density at radius 2 is 1.13 bits per heavy atom. The third kappa shape index (κ3) is 18.6. The number of benzene rings is 4. The summed E-state index contributed by atoms with van der Waals surface area (Å²) >= 11 is 0. The standard InChI is InChI=1S/C22H25N5O7.C15H20N2O4.C7H6N3O3/c1-13(28)21(26-25-17-7-6-16(27(31)32)12-20(17)34-4)22(30)24-18-11-15(5-8-19(18)33-3)9-10-23-14(2)29;1-10(18)8-15(20)17-13-9-12(4-5-14(13)21-3)6-7-16-11(2)19;1-13-7-4-5(10(11)12)2-3-6(7)9-8/h5-8,11-12,28H,9-10H2,1-4H3,(H,23,29)(H,24,30);4-5,9H,6-8H2,1-3H3,(H,16,19)(H,17,20);2-4H,1H3/q;;+1. The molecule has 0 aliphatic rings. The van der Waals surface area contributed by atoms with Gasteiger partial charge in [-0.3, -0.25) is 44.2 Å². The zero-order valence-electron chi connectivity index (χ0n) is 38.4. The van der Waals surface area contributed by atoms with Gasteiger partial charge in [-0.1, -0.05) is 12.1 Å². The summed E-state index contributed by atoms with van der Waals surface area (Å²) in [7, 11) is 5.60. The minimum absolute atomic E-state index is 0.0711. The van der Waals surface area contributed by atoms with Gasteiger partial charge >= 0.3 is 5.69 Å². The Kier molecular flexibility index (Phi) is 22.7. The van der Waals surface area contributed by atoms with Crippen molar-refractivity contribution in [3.8, 4) is 23.0 Å². The van der Waals surface area contributed by atoms with Crippen LogP contribution < -0.4 is 40.2 Å². The fourth-order valence-electron chi connectivity index (χ4n) is 5.50. The molecule has 24 nitrogen and oxygen atoms in total. The number of nitro benzene ring substituents is 2. The van der Waals surface area contributed by atoms with Crippen LogP contribution in [0.25, 0.3) is 4.98 Å². The fraction of sp³-hybridized carbons (Fsp3) is 0.295. The molecule has 0 saturated carbocycles. The molecule has 4 rings (SSSR count). The van der Waals surface area contributed by atoms with Crippen molar-refractivity contribution in [2.45, 2.75) is 47.0 Å². The molecule has 4 aromatic rings. The lowest BCUT2D eigenvalue weighted by Gasteiger charge is -2.12. The molecule has 0 fully saturated rings. The van der Waals surface area contributed by atoms with Gasteiger partial charge in [-0.15, -0.1) is 10.2 Å². The first-order valence-electron chi connectivity index (χ1n) is 20.0. The number of non-ortho nitro benzene ring substituents is 2. The van der Waals surface area contributed by atoms with Crippen LogP contribution in [-0.2, 0) is 36.8 Å². The smallest absolute Gasteiger partial charge is 0.426 e. The second-order valence-electron chi connectivity index (χ2n) is 13.9. The lowest BCUT2D eigenvalue weighted by atomic mass is 10.1. The molecule has 0 bridgehead atoms. The number of methoxy groups -OCH3 is 4. The van der Waals surface area contributed by atoms with Gasteiger partial charge in [-0.25, -0.2) is 0 Å². The quantitative estimate of drug-likeness (QED) is 0.0118. The number of ketones is 1. The number of carbonyl (C=O) groups excluding carboxylic acids is 5. The summed E-state index contributed by atoms with van der Waals surface area (Å²) in [5.74, 6) is -0.837. The molecule has 0 saturated heterocycles. The Morgan fingerprint density at radius 1 is 0.662 bits per heavy atom. The molecule has 4 amide bonds. The number of nitrogens with zero attached hydrogens (tertiary/aromatic N) is 6. The topological polar surface area (TPSA) is 330 Å². The molecule has 0 unspecified atom stereocenters. The van der Waals surface area contributed by atoms with Crippen LogP contribution in [0, 0.1) is 25.6 Å². The molecule has 0 aromatic heterocycles. The van der Waals surface area contributed by atoms with Crippen LogP contribution in [0.1, 0.15) is 45.2 Å². The maximum absolute atomic E-state index is 12.8. The number of anilines is 2. The van der Waals surface area contributed by atoms with Gasteiger partial charge in [0.2, 0.25) is 28.9 Å². The molecule has 24 heteroatoms. The van der Waals surface area contributed by atoms with Gasteiger partial charge in [-0.05, 0) is 68.1 Å². The Morgan fingerprint density at radius 3 is 1.56 bits per heavy atom. The van der Waals surface area contributed by atoms with Crippen LogP contribution in [0.2, 0.25) is 0 Å². The van der Waals surface area contributed by atoms with Crippen LogP contribution in [0.3, 0.4) is 0 Å². The van der Waals surface area contributed by atoms with E-state index in [9.17, 15) is 49.3 Å². The molecule has 0 heterocycles. The number of hydrogen-bond acceptors (Lipinski definition) is 17. The third-order valence-corrected chi connectivity index (χ3v) is 8.71. The number of azo groups is 1. The molecular weight excluding hydrogens is 893 g/mol. The first-order valence-corrected chi connectivity index (χ1v) is 20.0. The van der Waals surface area contributed by atoms with Crippen LogP contribution in [0.4, 0.5) is 34.1 Å². The van der Waals surface area contributed by atoms with E-state index >= 15 is 0 Å². The fourth-order valence-corrected chi connectivity index (χ4v) is 5.50. The zero-order valence-corrected chi connectivity index (χ0v) is 38.4. The Labute approximate surface area is 389 Å². The largest absolute Gasteiger partial charge is 0.510 e. The number of amides is 4. The lowest BCUT2D eigenvalue weighted by Crippen LogP contribution is -2.22. The molecule has 0 aliphatic heterocycles. The zero-order chi connectivity index (χ0) is 50.9. The molecule has 4 aromatic carbocycles. The first kappa shape index (κ1) is 55.1. The third-order valence-electron chi connectivity index (χ3n) is 8.71. The highest BCUT2D eigenvalue weighted by atomic mass is 16.6. The minimum atomic E-state index is -0.762. The van der Waals surface area contributed by atoms with Gasteiger partial charge in [0.1, 0.15) is 28.7 Å². The van der Waals surface area contributed by atoms with Crippen molar-refractivity contribution in [1.82, 2.24) is 10.6 Å². The summed E-state index contributed by atoms with van der Waals surface area (Å²) < 4.78 is 20.3. The number of hydrogen-bond donors (Lipinski definition) is 5. The predicted octanol–water partition coefficient (Wildman–Crippen LogP) is 7.18. The monoisotopic (exact) mass is 943 g/mol. The average molecular weight is 944 g/mol. The van der Waals surface area contributed by atoms with Crippen LogP contribution in [0.5, 0.6) is 23.0 Å². The van der Waals surface area contributed by atoms with Gasteiger partial charge in [-0.2, -0.15) is 0 Å². The number of allylic oxidation sites excluding steroid dienone is 1. The van der Waals surface area contributed by atoms with E-state index in [0.29, 0.717) is 48.8 Å². The number of Topliss-reactive ketones (excluding diaryl/α,β-unsaturated/α-hetero) is 1. The summed E-state index contributed by atoms with van der Waals surface area (Å²) in [6.45, 7) is 6.44. The van der Waals surface area contributed by atoms with Gasteiger partial charge in [0.05, 0.1) is 68.2 Å². The van der Waals surface area contributed by atoms with E-state index in [1.807, 2.05) is 6.07 Å². The van der Waals surface area contributed by atoms with Crippen LogP contribution in [0.15, 0.2) is 94.5 Å². The van der Waals surface area contributed by atoms with Crippen molar-refractivity contribution < 1.29 is 57.9 Å². The summed E-state index contributed by atoms with van der Waals surface area (Å²) in [6, 6.07) is 17.9. The summed E-state index contributed by atoms with van der Waals surface area (Å²) in [6.07, 6.45) is 0.992. The molecule has 0 atom stereocenters. The predicted molar refractivity (Wildman–Crippen MR) is 247 cm³/mol.